The van der Waals surface area contributed by atoms with Gasteiger partial charge in [0.15, 0.2) is 0 Å². The van der Waals surface area contributed by atoms with Gasteiger partial charge in [-0.3, -0.25) is 0 Å². The smallest absolute Gasteiger partial charge is 0.0783 e. The molecule has 210 valence electrons. The van der Waals surface area contributed by atoms with E-state index in [2.05, 4.69) is 62.0 Å². The molecule has 0 saturated heterocycles. The van der Waals surface area contributed by atoms with Crippen LogP contribution in [0.4, 0.5) is 0 Å². The van der Waals surface area contributed by atoms with Crippen LogP contribution in [0.5, 0.6) is 0 Å². The minimum absolute atomic E-state index is 0.477. The molecular weight excluding hydrogens is 440 g/mol. The van der Waals surface area contributed by atoms with Crippen molar-refractivity contribution in [1.29, 1.82) is 0 Å². The maximum atomic E-state index is 9.73. The molecule has 0 radical (unpaired) electrons. The van der Waals surface area contributed by atoms with Gasteiger partial charge in [0.25, 0.3) is 0 Å². The van der Waals surface area contributed by atoms with Crippen LogP contribution in [0.2, 0.25) is 0 Å². The monoisotopic (exact) mass is 500 g/mol. The zero-order chi connectivity index (χ0) is 27.8. The molecule has 0 heterocycles. The molecule has 0 fully saturated rings. The normalized spacial score (nSPS) is 11.1. The van der Waals surface area contributed by atoms with E-state index in [0.717, 1.165) is 0 Å². The molecule has 6 heteroatoms. The van der Waals surface area contributed by atoms with Gasteiger partial charge >= 0.3 is 0 Å². The highest BCUT2D eigenvalue weighted by Gasteiger charge is 2.23. The van der Waals surface area contributed by atoms with Crippen molar-refractivity contribution in [2.45, 2.75) is 113 Å². The Bertz CT molecular complexity index is 448. The van der Waals surface area contributed by atoms with E-state index < -0.39 is 23.9 Å². The molecule has 35 heavy (non-hydrogen) atoms. The van der Waals surface area contributed by atoms with Crippen LogP contribution in [0.3, 0.4) is 0 Å². The van der Waals surface area contributed by atoms with Crippen LogP contribution in [-0.4, -0.2) is 73.3 Å². The molecule has 0 aliphatic heterocycles. The maximum Gasteiger partial charge on any atom is 0.0783 e. The summed E-state index contributed by atoms with van der Waals surface area (Å²) < 4.78 is 2.75. The first-order valence-electron chi connectivity index (χ1n) is 14.3. The summed E-state index contributed by atoms with van der Waals surface area (Å²) in [5.74, 6) is -3.02. The van der Waals surface area contributed by atoms with Crippen LogP contribution in [0, 0.1) is 0 Å². The molecule has 0 rings (SSSR count). The molecule has 0 N–H and O–H groups in total. The molecule has 0 aliphatic rings. The number of nitrogens with zero attached hydrogens (tertiary/aromatic N) is 2. The lowest BCUT2D eigenvalue weighted by Crippen LogP contribution is -2.50. The summed E-state index contributed by atoms with van der Waals surface area (Å²) in [6.45, 7) is 32.5. The first-order chi connectivity index (χ1) is 16.5. The quantitative estimate of drug-likeness (QED) is 0.195. The van der Waals surface area contributed by atoms with Crippen molar-refractivity contribution in [2.24, 2.45) is 0 Å². The minimum Gasteiger partial charge on any atom is -0.550 e. The second kappa shape index (κ2) is 24.3. The Balaban J connectivity index is -0.000000448. The zero-order valence-electron chi connectivity index (χ0n) is 24.8. The van der Waals surface area contributed by atoms with Gasteiger partial charge < -0.3 is 28.8 Å². The van der Waals surface area contributed by atoms with Crippen LogP contribution < -0.4 is 10.2 Å². The lowest BCUT2D eigenvalue weighted by atomic mass is 10.2. The highest BCUT2D eigenvalue weighted by molar-refractivity contribution is 5.89. The van der Waals surface area contributed by atoms with E-state index in [-0.39, 0.29) is 0 Å². The SMILES string of the molecule is C=C(CC(=O)[O-])C(=O)[O-].CCC[N+](CCC)(CCC)CCC.CCC[N+](CCC)(CCC)CCC. The third kappa shape index (κ3) is 20.5. The number of aliphatic carboxylic acids is 2. The van der Waals surface area contributed by atoms with Gasteiger partial charge in [-0.2, -0.15) is 0 Å². The van der Waals surface area contributed by atoms with Crippen molar-refractivity contribution >= 4 is 11.9 Å². The number of carboxylic acid groups (broad SMARTS) is 2. The molecule has 0 saturated carbocycles. The molecule has 0 spiro atoms. The summed E-state index contributed by atoms with van der Waals surface area (Å²) in [4.78, 5) is 19.4. The van der Waals surface area contributed by atoms with E-state index in [1.807, 2.05) is 0 Å². The molecule has 0 aromatic carbocycles. The maximum absolute atomic E-state index is 9.73. The molecule has 0 bridgehead atoms. The fourth-order valence-corrected chi connectivity index (χ4v) is 5.38. The second-order valence-corrected chi connectivity index (χ2v) is 9.91. The number of carbonyl (C=O) groups excluding carboxylic acids is 2. The third-order valence-electron chi connectivity index (χ3n) is 6.23. The lowest BCUT2D eigenvalue weighted by Gasteiger charge is -2.38. The van der Waals surface area contributed by atoms with Gasteiger partial charge in [-0.05, 0) is 56.9 Å². The summed E-state index contributed by atoms with van der Waals surface area (Å²) in [7, 11) is 0. The number of rotatable bonds is 19. The summed E-state index contributed by atoms with van der Waals surface area (Å²) in [5, 5.41) is 19.4. The highest BCUT2D eigenvalue weighted by atomic mass is 16.4. The summed E-state index contributed by atoms with van der Waals surface area (Å²) in [6.07, 6.45) is 9.99. The predicted molar refractivity (Wildman–Crippen MR) is 146 cm³/mol. The topological polar surface area (TPSA) is 80.3 Å². The van der Waals surface area contributed by atoms with Gasteiger partial charge in [-0.1, -0.05) is 62.0 Å². The Morgan fingerprint density at radius 3 is 0.800 bits per heavy atom. The van der Waals surface area contributed by atoms with Gasteiger partial charge in [0, 0.05) is 12.4 Å². The van der Waals surface area contributed by atoms with E-state index in [9.17, 15) is 19.8 Å². The van der Waals surface area contributed by atoms with Crippen LogP contribution >= 0.6 is 0 Å². The van der Waals surface area contributed by atoms with E-state index in [4.69, 9.17) is 0 Å². The first-order valence-corrected chi connectivity index (χ1v) is 14.3. The summed E-state index contributed by atoms with van der Waals surface area (Å²) in [5.41, 5.74) is -0.477. The predicted octanol–water partition coefficient (Wildman–Crippen LogP) is 4.32. The van der Waals surface area contributed by atoms with E-state index >= 15 is 0 Å². The molecular formula is C29H60N2O4. The van der Waals surface area contributed by atoms with Crippen molar-refractivity contribution in [1.82, 2.24) is 0 Å². The van der Waals surface area contributed by atoms with Crippen LogP contribution in [-0.2, 0) is 9.59 Å². The number of hydrogen-bond donors (Lipinski definition) is 0. The van der Waals surface area contributed by atoms with E-state index in [1.165, 1.54) is 113 Å². The molecule has 0 aliphatic carbocycles. The molecule has 6 nitrogen and oxygen atoms in total. The fraction of sp³-hybridized carbons (Fsp3) is 0.862. The molecule has 0 aromatic rings. The minimum atomic E-state index is -1.56. The van der Waals surface area contributed by atoms with Crippen LogP contribution in [0.25, 0.3) is 0 Å². The van der Waals surface area contributed by atoms with Crippen molar-refractivity contribution in [3.05, 3.63) is 12.2 Å². The van der Waals surface area contributed by atoms with Crippen molar-refractivity contribution in [2.75, 3.05) is 52.4 Å². The zero-order valence-corrected chi connectivity index (χ0v) is 24.8. The summed E-state index contributed by atoms with van der Waals surface area (Å²) >= 11 is 0. The second-order valence-electron chi connectivity index (χ2n) is 9.91. The summed E-state index contributed by atoms with van der Waals surface area (Å²) in [6, 6.07) is 0. The van der Waals surface area contributed by atoms with Crippen molar-refractivity contribution < 1.29 is 28.8 Å². The molecule has 0 unspecified atom stereocenters. The lowest BCUT2D eigenvalue weighted by molar-refractivity contribution is -0.928. The van der Waals surface area contributed by atoms with Gasteiger partial charge in [-0.25, -0.2) is 0 Å². The van der Waals surface area contributed by atoms with Crippen molar-refractivity contribution in [3.63, 3.8) is 0 Å². The Morgan fingerprint density at radius 2 is 0.714 bits per heavy atom. The van der Waals surface area contributed by atoms with E-state index in [1.54, 1.807) is 0 Å². The molecule has 0 atom stereocenters. The van der Waals surface area contributed by atoms with Gasteiger partial charge in [0.2, 0.25) is 0 Å². The Kier molecular flexibility index (Phi) is 26.5. The Labute approximate surface area is 218 Å². The third-order valence-corrected chi connectivity index (χ3v) is 6.23. The Hall–Kier alpha value is -1.40. The van der Waals surface area contributed by atoms with Crippen LogP contribution in [0.15, 0.2) is 12.2 Å². The average molecular weight is 501 g/mol. The fourth-order valence-electron chi connectivity index (χ4n) is 5.38. The largest absolute Gasteiger partial charge is 0.550 e. The molecule has 0 aromatic heterocycles. The number of carbonyl (C=O) groups is 2. The van der Waals surface area contributed by atoms with Crippen molar-refractivity contribution in [3.8, 4) is 0 Å². The number of hydrogen-bond acceptors (Lipinski definition) is 4. The van der Waals surface area contributed by atoms with Gasteiger partial charge in [0.05, 0.1) is 58.3 Å². The average Bonchev–Trinajstić information content (AvgIpc) is 2.76. The number of carboxylic acids is 2. The molecule has 0 amide bonds. The van der Waals surface area contributed by atoms with Gasteiger partial charge in [0.1, 0.15) is 0 Å². The first kappa shape index (κ1) is 38.1. The van der Waals surface area contributed by atoms with Gasteiger partial charge in [-0.15, -0.1) is 0 Å². The standard InChI is InChI=1S/2C12H28N.C5H6O4/c2*1-5-9-13(10-6-2,11-7-3)12-8-4;1-3(5(8)9)2-4(6)7/h2*5-12H2,1-4H3;1-2H2,(H,6,7)(H,8,9)/q2*+1;/p-2. The van der Waals surface area contributed by atoms with E-state index in [0.29, 0.717) is 0 Å². The Morgan fingerprint density at radius 1 is 0.514 bits per heavy atom. The number of quaternary nitrogens is 2. The highest BCUT2D eigenvalue weighted by Crippen LogP contribution is 2.13. The van der Waals surface area contributed by atoms with Crippen LogP contribution in [0.1, 0.15) is 113 Å².